The van der Waals surface area contributed by atoms with Crippen LogP contribution in [0.4, 0.5) is 11.4 Å². The second-order valence-corrected chi connectivity index (χ2v) is 7.46. The fourth-order valence-corrected chi connectivity index (χ4v) is 3.51. The molecule has 30 heavy (non-hydrogen) atoms. The third-order valence-electron chi connectivity index (χ3n) is 5.41. The van der Waals surface area contributed by atoms with Gasteiger partial charge in [0, 0.05) is 44.1 Å². The zero-order valence-electron chi connectivity index (χ0n) is 18.3. The van der Waals surface area contributed by atoms with Gasteiger partial charge in [-0.25, -0.2) is 0 Å². The number of hydrogen-bond acceptors (Lipinski definition) is 4. The van der Waals surface area contributed by atoms with Gasteiger partial charge in [0.15, 0.2) is 17.5 Å². The lowest BCUT2D eigenvalue weighted by Crippen LogP contribution is -2.32. The molecule has 1 aliphatic heterocycles. The van der Waals surface area contributed by atoms with Gasteiger partial charge in [0.25, 0.3) is 0 Å². The Kier molecular flexibility index (Phi) is 9.55. The Labute approximate surface area is 197 Å². The van der Waals surface area contributed by atoms with Gasteiger partial charge in [-0.3, -0.25) is 4.99 Å². The van der Waals surface area contributed by atoms with Crippen LogP contribution >= 0.6 is 24.0 Å². The van der Waals surface area contributed by atoms with Crippen molar-refractivity contribution >= 4 is 41.3 Å². The Morgan fingerprint density at radius 1 is 1.03 bits per heavy atom. The van der Waals surface area contributed by atoms with Gasteiger partial charge in [-0.15, -0.1) is 24.0 Å². The van der Waals surface area contributed by atoms with Crippen molar-refractivity contribution in [2.75, 3.05) is 44.6 Å². The van der Waals surface area contributed by atoms with Crippen LogP contribution in [0, 0.1) is 5.92 Å². The maximum atomic E-state index is 5.36. The van der Waals surface area contributed by atoms with Crippen LogP contribution in [0.2, 0.25) is 0 Å². The number of hydrogen-bond donors (Lipinski definition) is 2. The van der Waals surface area contributed by atoms with Crippen molar-refractivity contribution in [2.24, 2.45) is 10.9 Å². The van der Waals surface area contributed by atoms with E-state index in [4.69, 9.17) is 9.47 Å². The topological polar surface area (TPSA) is 58.1 Å². The van der Waals surface area contributed by atoms with Crippen LogP contribution in [0.3, 0.4) is 0 Å². The molecule has 0 aliphatic carbocycles. The zero-order valence-corrected chi connectivity index (χ0v) is 20.6. The number of ether oxygens (including phenoxy) is 2. The second-order valence-electron chi connectivity index (χ2n) is 7.46. The predicted octanol–water partition coefficient (Wildman–Crippen LogP) is 4.75. The average Bonchev–Trinajstić information content (AvgIpc) is 2.77. The molecule has 0 atom stereocenters. The van der Waals surface area contributed by atoms with Gasteiger partial charge in [0.2, 0.25) is 0 Å². The molecule has 1 heterocycles. The molecule has 1 aliphatic rings. The van der Waals surface area contributed by atoms with Crippen LogP contribution in [0.1, 0.15) is 25.3 Å². The molecule has 7 heteroatoms. The number of benzene rings is 2. The minimum absolute atomic E-state index is 0. The molecule has 0 spiro atoms. The number of anilines is 2. The van der Waals surface area contributed by atoms with Crippen LogP contribution in [0.25, 0.3) is 0 Å². The monoisotopic (exact) mass is 524 g/mol. The summed E-state index contributed by atoms with van der Waals surface area (Å²) in [7, 11) is 5.02. The highest BCUT2D eigenvalue weighted by Gasteiger charge is 2.15. The molecule has 1 saturated heterocycles. The Morgan fingerprint density at radius 2 is 1.70 bits per heavy atom. The molecule has 3 rings (SSSR count). The minimum Gasteiger partial charge on any atom is -0.493 e. The molecule has 6 nitrogen and oxygen atoms in total. The van der Waals surface area contributed by atoms with Crippen molar-refractivity contribution in [3.63, 3.8) is 0 Å². The number of guanidine groups is 1. The first-order valence-corrected chi connectivity index (χ1v) is 10.2. The number of halogens is 1. The summed E-state index contributed by atoms with van der Waals surface area (Å²) in [6.07, 6.45) is 2.56. The summed E-state index contributed by atoms with van der Waals surface area (Å²) in [5.41, 5.74) is 3.41. The van der Waals surface area contributed by atoms with Gasteiger partial charge in [-0.05, 0) is 48.6 Å². The number of rotatable bonds is 6. The van der Waals surface area contributed by atoms with Crippen molar-refractivity contribution in [3.8, 4) is 11.5 Å². The van der Waals surface area contributed by atoms with Crippen LogP contribution in [-0.4, -0.2) is 40.3 Å². The Balaban J connectivity index is 0.00000320. The molecule has 0 bridgehead atoms. The molecule has 2 N–H and O–H groups in total. The maximum absolute atomic E-state index is 5.36. The van der Waals surface area contributed by atoms with Crippen molar-refractivity contribution < 1.29 is 9.47 Å². The summed E-state index contributed by atoms with van der Waals surface area (Å²) in [6.45, 7) is 5.35. The maximum Gasteiger partial charge on any atom is 0.195 e. The predicted molar refractivity (Wildman–Crippen MR) is 136 cm³/mol. The number of methoxy groups -OCH3 is 2. The third kappa shape index (κ3) is 6.42. The van der Waals surface area contributed by atoms with Crippen molar-refractivity contribution in [1.29, 1.82) is 0 Å². The normalized spacial score (nSPS) is 14.7. The van der Waals surface area contributed by atoms with Gasteiger partial charge in [0.1, 0.15) is 0 Å². The van der Waals surface area contributed by atoms with Gasteiger partial charge < -0.3 is 25.0 Å². The van der Waals surface area contributed by atoms with E-state index in [1.165, 1.54) is 24.1 Å². The standard InChI is InChI=1S/C23H32N4O2.HI/c1-17-11-13-27(14-12-17)20-8-5-18(6-9-20)16-25-23(24-2)26-19-7-10-21(28-3)22(15-19)29-4;/h5-10,15,17H,11-14,16H2,1-4H3,(H2,24,25,26);1H. The molecule has 2 aromatic carbocycles. The summed E-state index contributed by atoms with van der Waals surface area (Å²) in [6, 6.07) is 14.5. The van der Waals surface area contributed by atoms with E-state index >= 15 is 0 Å². The van der Waals surface area contributed by atoms with E-state index in [1.807, 2.05) is 18.2 Å². The van der Waals surface area contributed by atoms with E-state index in [0.717, 1.165) is 24.7 Å². The van der Waals surface area contributed by atoms with E-state index in [9.17, 15) is 0 Å². The highest BCUT2D eigenvalue weighted by molar-refractivity contribution is 14.0. The van der Waals surface area contributed by atoms with Crippen LogP contribution in [-0.2, 0) is 6.54 Å². The molecule has 0 amide bonds. The molecule has 0 saturated carbocycles. The van der Waals surface area contributed by atoms with Gasteiger partial charge in [-0.2, -0.15) is 0 Å². The molecular formula is C23H33IN4O2. The second kappa shape index (κ2) is 11.9. The highest BCUT2D eigenvalue weighted by atomic mass is 127. The minimum atomic E-state index is 0. The van der Waals surface area contributed by atoms with Crippen molar-refractivity contribution in [2.45, 2.75) is 26.3 Å². The summed E-state index contributed by atoms with van der Waals surface area (Å²) >= 11 is 0. The van der Waals surface area contributed by atoms with E-state index in [0.29, 0.717) is 24.0 Å². The summed E-state index contributed by atoms with van der Waals surface area (Å²) in [5.74, 6) is 2.92. The van der Waals surface area contributed by atoms with E-state index in [1.54, 1.807) is 21.3 Å². The van der Waals surface area contributed by atoms with Gasteiger partial charge >= 0.3 is 0 Å². The SMILES string of the molecule is CN=C(NCc1ccc(N2CCC(C)CC2)cc1)Nc1ccc(OC)c(OC)c1.I. The first kappa shape index (κ1) is 24.1. The molecule has 2 aromatic rings. The van der Waals surface area contributed by atoms with Gasteiger partial charge in [0.05, 0.1) is 14.2 Å². The lowest BCUT2D eigenvalue weighted by atomic mass is 9.99. The highest BCUT2D eigenvalue weighted by Crippen LogP contribution is 2.29. The Morgan fingerprint density at radius 3 is 2.30 bits per heavy atom. The fraction of sp³-hybridized carbons (Fsp3) is 0.435. The first-order valence-electron chi connectivity index (χ1n) is 10.2. The molecule has 164 valence electrons. The fourth-order valence-electron chi connectivity index (χ4n) is 3.51. The first-order chi connectivity index (χ1) is 14.1. The lowest BCUT2D eigenvalue weighted by molar-refractivity contribution is 0.355. The third-order valence-corrected chi connectivity index (χ3v) is 5.41. The number of nitrogens with zero attached hydrogens (tertiary/aromatic N) is 2. The summed E-state index contributed by atoms with van der Waals surface area (Å²) in [4.78, 5) is 6.79. The lowest BCUT2D eigenvalue weighted by Gasteiger charge is -2.32. The van der Waals surface area contributed by atoms with Crippen molar-refractivity contribution in [1.82, 2.24) is 5.32 Å². The Hall–Kier alpha value is -2.16. The molecule has 0 unspecified atom stereocenters. The number of piperidine rings is 1. The number of aliphatic imine (C=N–C) groups is 1. The smallest absolute Gasteiger partial charge is 0.195 e. The molecule has 0 radical (unpaired) electrons. The van der Waals surface area contributed by atoms with Gasteiger partial charge in [-0.1, -0.05) is 19.1 Å². The van der Waals surface area contributed by atoms with E-state index in [2.05, 4.69) is 51.7 Å². The van der Waals surface area contributed by atoms with Crippen LogP contribution < -0.4 is 25.0 Å². The largest absolute Gasteiger partial charge is 0.493 e. The van der Waals surface area contributed by atoms with Crippen LogP contribution in [0.5, 0.6) is 11.5 Å². The summed E-state index contributed by atoms with van der Waals surface area (Å²) in [5, 5.41) is 6.65. The quantitative estimate of drug-likeness (QED) is 0.325. The zero-order chi connectivity index (χ0) is 20.6. The molecule has 1 fully saturated rings. The summed E-state index contributed by atoms with van der Waals surface area (Å²) < 4.78 is 10.6. The van der Waals surface area contributed by atoms with E-state index < -0.39 is 0 Å². The van der Waals surface area contributed by atoms with E-state index in [-0.39, 0.29) is 24.0 Å². The Bertz CT molecular complexity index is 818. The molecule has 0 aromatic heterocycles. The molecular weight excluding hydrogens is 491 g/mol. The van der Waals surface area contributed by atoms with Crippen molar-refractivity contribution in [3.05, 3.63) is 48.0 Å². The number of nitrogens with one attached hydrogen (secondary N) is 2. The van der Waals surface area contributed by atoms with Crippen LogP contribution in [0.15, 0.2) is 47.5 Å². The average molecular weight is 524 g/mol.